The fraction of sp³-hybridized carbons (Fsp3) is 0.353. The van der Waals surface area contributed by atoms with E-state index in [0.717, 1.165) is 34.9 Å². The van der Waals surface area contributed by atoms with Crippen LogP contribution < -0.4 is 5.32 Å². The van der Waals surface area contributed by atoms with E-state index in [4.69, 9.17) is 23.2 Å². The molecule has 0 fully saturated rings. The number of halogens is 2. The van der Waals surface area contributed by atoms with Crippen molar-refractivity contribution in [3.05, 3.63) is 63.4 Å². The number of benzene rings is 1. The summed E-state index contributed by atoms with van der Waals surface area (Å²) in [6.07, 6.45) is 4.92. The van der Waals surface area contributed by atoms with Crippen molar-refractivity contribution in [1.29, 1.82) is 0 Å². The Hall–Kier alpha value is -1.09. The molecule has 2 aromatic rings. The summed E-state index contributed by atoms with van der Waals surface area (Å²) in [5, 5.41) is 4.91. The third kappa shape index (κ3) is 2.94. The van der Waals surface area contributed by atoms with Crippen LogP contribution in [0.3, 0.4) is 0 Å². The number of fused-ring (bicyclic) bond motifs is 1. The zero-order chi connectivity index (χ0) is 14.8. The highest BCUT2D eigenvalue weighted by molar-refractivity contribution is 6.36. The van der Waals surface area contributed by atoms with Crippen molar-refractivity contribution in [3.8, 4) is 0 Å². The number of hydrogen-bond donors (Lipinski definition) is 1. The summed E-state index contributed by atoms with van der Waals surface area (Å²) in [7, 11) is 2.00. The highest BCUT2D eigenvalue weighted by atomic mass is 35.5. The van der Waals surface area contributed by atoms with E-state index in [9.17, 15) is 0 Å². The third-order valence-corrected chi connectivity index (χ3v) is 5.05. The zero-order valence-corrected chi connectivity index (χ0v) is 13.5. The Morgan fingerprint density at radius 2 is 2.00 bits per heavy atom. The van der Waals surface area contributed by atoms with Gasteiger partial charge in [-0.15, -0.1) is 0 Å². The summed E-state index contributed by atoms with van der Waals surface area (Å²) in [5.74, 6) is 0.415. The van der Waals surface area contributed by atoms with Crippen LogP contribution in [0.4, 0.5) is 0 Å². The SMILES string of the molecule is CNC(Cc1c(Cl)cccc1Cl)C1CCc2cccnc21. The van der Waals surface area contributed by atoms with Crippen LogP contribution in [-0.4, -0.2) is 18.1 Å². The molecule has 0 spiro atoms. The van der Waals surface area contributed by atoms with Gasteiger partial charge >= 0.3 is 0 Å². The lowest BCUT2D eigenvalue weighted by Crippen LogP contribution is -2.33. The van der Waals surface area contributed by atoms with Gasteiger partial charge in [0, 0.05) is 33.9 Å². The minimum absolute atomic E-state index is 0.290. The number of nitrogens with one attached hydrogen (secondary N) is 1. The lowest BCUT2D eigenvalue weighted by Gasteiger charge is -2.24. The number of likely N-dealkylation sites (N-methyl/N-ethyl adjacent to an activating group) is 1. The van der Waals surface area contributed by atoms with Crippen molar-refractivity contribution >= 4 is 23.2 Å². The monoisotopic (exact) mass is 320 g/mol. The van der Waals surface area contributed by atoms with Gasteiger partial charge in [0.1, 0.15) is 0 Å². The van der Waals surface area contributed by atoms with Crippen LogP contribution >= 0.6 is 23.2 Å². The minimum atomic E-state index is 0.290. The summed E-state index contributed by atoms with van der Waals surface area (Å²) in [6, 6.07) is 10.2. The van der Waals surface area contributed by atoms with Gasteiger partial charge in [-0.3, -0.25) is 4.98 Å². The van der Waals surface area contributed by atoms with Gasteiger partial charge in [0.25, 0.3) is 0 Å². The molecular formula is C17H18Cl2N2. The maximum absolute atomic E-state index is 6.31. The van der Waals surface area contributed by atoms with Gasteiger partial charge < -0.3 is 5.32 Å². The van der Waals surface area contributed by atoms with Crippen molar-refractivity contribution in [2.45, 2.75) is 31.2 Å². The van der Waals surface area contributed by atoms with Crippen LogP contribution in [-0.2, 0) is 12.8 Å². The molecule has 1 heterocycles. The first kappa shape index (κ1) is 14.8. The topological polar surface area (TPSA) is 24.9 Å². The standard InChI is InChI=1S/C17H18Cl2N2/c1-20-16(10-13-14(18)5-2-6-15(13)19)12-8-7-11-4-3-9-21-17(11)12/h2-6,9,12,16,20H,7-8,10H2,1H3. The number of hydrogen-bond acceptors (Lipinski definition) is 2. The van der Waals surface area contributed by atoms with E-state index in [1.807, 2.05) is 37.5 Å². The van der Waals surface area contributed by atoms with Crippen LogP contribution in [0.2, 0.25) is 10.0 Å². The molecule has 0 amide bonds. The highest BCUT2D eigenvalue weighted by Gasteiger charge is 2.30. The molecule has 21 heavy (non-hydrogen) atoms. The van der Waals surface area contributed by atoms with Crippen LogP contribution in [0, 0.1) is 0 Å². The highest BCUT2D eigenvalue weighted by Crippen LogP contribution is 2.36. The summed E-state index contributed by atoms with van der Waals surface area (Å²) < 4.78 is 0. The zero-order valence-electron chi connectivity index (χ0n) is 11.9. The van der Waals surface area contributed by atoms with Crippen LogP contribution in [0.1, 0.15) is 29.2 Å². The minimum Gasteiger partial charge on any atom is -0.316 e. The summed E-state index contributed by atoms with van der Waals surface area (Å²) in [6.45, 7) is 0. The molecule has 1 N–H and O–H groups in total. The first-order valence-corrected chi connectivity index (χ1v) is 8.00. The number of aryl methyl sites for hydroxylation is 1. The maximum atomic E-state index is 6.31. The van der Waals surface area contributed by atoms with E-state index in [1.165, 1.54) is 11.3 Å². The van der Waals surface area contributed by atoms with Crippen molar-refractivity contribution in [2.75, 3.05) is 7.05 Å². The average Bonchev–Trinajstić information content (AvgIpc) is 2.91. The van der Waals surface area contributed by atoms with Crippen molar-refractivity contribution in [3.63, 3.8) is 0 Å². The van der Waals surface area contributed by atoms with Gasteiger partial charge in [0.05, 0.1) is 0 Å². The molecule has 1 aliphatic carbocycles. The Kier molecular flexibility index (Phi) is 4.48. The number of aromatic nitrogens is 1. The lowest BCUT2D eigenvalue weighted by molar-refractivity contribution is 0.450. The molecule has 1 aromatic carbocycles. The molecule has 2 unspecified atom stereocenters. The normalized spacial score (nSPS) is 18.5. The molecule has 0 bridgehead atoms. The lowest BCUT2D eigenvalue weighted by atomic mass is 9.91. The summed E-state index contributed by atoms with van der Waals surface area (Å²) in [5.41, 5.74) is 3.61. The van der Waals surface area contributed by atoms with Gasteiger partial charge in [0.15, 0.2) is 0 Å². The smallest absolute Gasteiger partial charge is 0.0482 e. The maximum Gasteiger partial charge on any atom is 0.0482 e. The molecule has 2 nitrogen and oxygen atoms in total. The molecule has 110 valence electrons. The first-order chi connectivity index (χ1) is 10.2. The Balaban J connectivity index is 1.87. The third-order valence-electron chi connectivity index (χ3n) is 4.34. The Morgan fingerprint density at radius 3 is 2.71 bits per heavy atom. The molecule has 0 radical (unpaired) electrons. The van der Waals surface area contributed by atoms with E-state index < -0.39 is 0 Å². The Bertz CT molecular complexity index is 622. The van der Waals surface area contributed by atoms with E-state index >= 15 is 0 Å². The van der Waals surface area contributed by atoms with E-state index in [-0.39, 0.29) is 0 Å². The van der Waals surface area contributed by atoms with Crippen LogP contribution in [0.15, 0.2) is 36.5 Å². The predicted octanol–water partition coefficient (Wildman–Crippen LogP) is 4.25. The van der Waals surface area contributed by atoms with Gasteiger partial charge in [-0.05, 0) is 55.6 Å². The quantitative estimate of drug-likeness (QED) is 0.911. The van der Waals surface area contributed by atoms with E-state index in [0.29, 0.717) is 12.0 Å². The van der Waals surface area contributed by atoms with E-state index in [1.54, 1.807) is 0 Å². The molecular weight excluding hydrogens is 303 g/mol. The second-order valence-corrected chi connectivity index (χ2v) is 6.31. The van der Waals surface area contributed by atoms with Crippen LogP contribution in [0.25, 0.3) is 0 Å². The second-order valence-electron chi connectivity index (χ2n) is 5.49. The predicted molar refractivity (Wildman–Crippen MR) is 88.3 cm³/mol. The molecule has 0 saturated heterocycles. The molecule has 1 aromatic heterocycles. The van der Waals surface area contributed by atoms with Crippen molar-refractivity contribution in [2.24, 2.45) is 0 Å². The molecule has 2 atom stereocenters. The Labute approximate surface area is 135 Å². The summed E-state index contributed by atoms with van der Waals surface area (Å²) in [4.78, 5) is 4.59. The molecule has 0 aliphatic heterocycles. The average molecular weight is 321 g/mol. The first-order valence-electron chi connectivity index (χ1n) is 7.24. The number of rotatable bonds is 4. The molecule has 1 aliphatic rings. The molecule has 3 rings (SSSR count). The largest absolute Gasteiger partial charge is 0.316 e. The second kappa shape index (κ2) is 6.35. The van der Waals surface area contributed by atoms with Gasteiger partial charge in [-0.25, -0.2) is 0 Å². The number of pyridine rings is 1. The van der Waals surface area contributed by atoms with E-state index in [2.05, 4.69) is 16.4 Å². The van der Waals surface area contributed by atoms with Gasteiger partial charge in [-0.2, -0.15) is 0 Å². The summed E-state index contributed by atoms with van der Waals surface area (Å²) >= 11 is 12.6. The number of nitrogens with zero attached hydrogens (tertiary/aromatic N) is 1. The van der Waals surface area contributed by atoms with Crippen molar-refractivity contribution < 1.29 is 0 Å². The van der Waals surface area contributed by atoms with Crippen LogP contribution in [0.5, 0.6) is 0 Å². The van der Waals surface area contributed by atoms with Gasteiger partial charge in [0.2, 0.25) is 0 Å². The Morgan fingerprint density at radius 1 is 1.24 bits per heavy atom. The molecule has 4 heteroatoms. The van der Waals surface area contributed by atoms with Crippen molar-refractivity contribution in [1.82, 2.24) is 10.3 Å². The van der Waals surface area contributed by atoms with Gasteiger partial charge in [-0.1, -0.05) is 35.3 Å². The fourth-order valence-electron chi connectivity index (χ4n) is 3.23. The fourth-order valence-corrected chi connectivity index (χ4v) is 3.78. The molecule has 0 saturated carbocycles.